The molecule has 0 saturated heterocycles. The first kappa shape index (κ1) is 37.3. The average Bonchev–Trinajstić information content (AvgIpc) is 3.02. The van der Waals surface area contributed by atoms with Crippen molar-refractivity contribution < 1.29 is 33.7 Å². The highest BCUT2D eigenvalue weighted by molar-refractivity contribution is 5.96. The Morgan fingerprint density at radius 1 is 0.878 bits per heavy atom. The number of imide groups is 1. The Morgan fingerprint density at radius 2 is 1.51 bits per heavy atom. The zero-order valence-corrected chi connectivity index (χ0v) is 30.2. The topological polar surface area (TPSA) is 106 Å². The van der Waals surface area contributed by atoms with Gasteiger partial charge in [0, 0.05) is 13.0 Å². The summed E-state index contributed by atoms with van der Waals surface area (Å²) in [6.07, 6.45) is -0.641. The van der Waals surface area contributed by atoms with Gasteiger partial charge < -0.3 is 19.3 Å². The molecule has 0 unspecified atom stereocenters. The van der Waals surface area contributed by atoms with Crippen LogP contribution in [0.15, 0.2) is 66.7 Å². The molecule has 0 radical (unpaired) electrons. The lowest BCUT2D eigenvalue weighted by molar-refractivity contribution is -0.135. The zero-order chi connectivity index (χ0) is 35.9. The highest BCUT2D eigenvalue weighted by Gasteiger charge is 2.39. The van der Waals surface area contributed by atoms with Crippen molar-refractivity contribution in [1.82, 2.24) is 9.80 Å². The van der Waals surface area contributed by atoms with Crippen LogP contribution in [0.4, 0.5) is 9.59 Å². The molecule has 0 aliphatic carbocycles. The van der Waals surface area contributed by atoms with Gasteiger partial charge in [-0.3, -0.25) is 9.69 Å². The Bertz CT molecular complexity index is 1580. The highest BCUT2D eigenvalue weighted by atomic mass is 16.6. The van der Waals surface area contributed by atoms with E-state index in [-0.39, 0.29) is 42.9 Å². The van der Waals surface area contributed by atoms with Gasteiger partial charge >= 0.3 is 12.2 Å². The van der Waals surface area contributed by atoms with Crippen LogP contribution >= 0.6 is 0 Å². The first-order valence-corrected chi connectivity index (χ1v) is 17.1. The van der Waals surface area contributed by atoms with E-state index in [1.165, 1.54) is 10.5 Å². The first-order valence-electron chi connectivity index (χ1n) is 17.1. The molecule has 0 fully saturated rings. The van der Waals surface area contributed by atoms with E-state index in [2.05, 4.69) is 41.5 Å². The molecule has 0 bridgehead atoms. The summed E-state index contributed by atoms with van der Waals surface area (Å²) in [5.74, 6) is 1.44. The third-order valence-electron chi connectivity index (χ3n) is 8.49. The van der Waals surface area contributed by atoms with Crippen LogP contribution in [-0.2, 0) is 34.3 Å². The third-order valence-corrected chi connectivity index (χ3v) is 8.49. The molecule has 49 heavy (non-hydrogen) atoms. The van der Waals surface area contributed by atoms with E-state index in [4.69, 9.17) is 14.2 Å². The summed E-state index contributed by atoms with van der Waals surface area (Å²) in [4.78, 5) is 41.9. The van der Waals surface area contributed by atoms with Crippen LogP contribution < -0.4 is 9.47 Å². The molecule has 1 aliphatic heterocycles. The molecular formula is C40H52N2O7. The van der Waals surface area contributed by atoms with E-state index in [0.29, 0.717) is 24.5 Å². The standard InChI is InChI=1S/C40H52N2O7/c1-27(2)26-48-38(46)42-25-30-23-34(49-33-17-12-31(13-18-33)40(6,7)8)16-11-29(30)24-35(42)36(43)41(37(44)45)21-19-28-9-14-32(15-10-28)47-22-20-39(3,4)5/h9-18,23,27,35H,19-22,24-26H2,1-8H3,(H,44,45)/t35-/m0/s1. The van der Waals surface area contributed by atoms with E-state index in [9.17, 15) is 19.5 Å². The van der Waals surface area contributed by atoms with Gasteiger partial charge in [-0.05, 0) is 88.2 Å². The van der Waals surface area contributed by atoms with E-state index < -0.39 is 24.1 Å². The number of carbonyl (C=O) groups is 3. The second-order valence-electron chi connectivity index (χ2n) is 15.5. The molecule has 0 spiro atoms. The van der Waals surface area contributed by atoms with Crippen LogP contribution in [0.2, 0.25) is 0 Å². The number of hydrogen-bond donors (Lipinski definition) is 1. The number of hydrogen-bond acceptors (Lipinski definition) is 6. The predicted molar refractivity (Wildman–Crippen MR) is 190 cm³/mol. The fraction of sp³-hybridized carbons (Fsp3) is 0.475. The molecule has 9 heteroatoms. The minimum absolute atomic E-state index is 0.0226. The summed E-state index contributed by atoms with van der Waals surface area (Å²) in [6, 6.07) is 19.9. The molecule has 1 atom stereocenters. The molecule has 4 rings (SSSR count). The van der Waals surface area contributed by atoms with Crippen molar-refractivity contribution in [2.24, 2.45) is 11.3 Å². The quantitative estimate of drug-likeness (QED) is 0.217. The van der Waals surface area contributed by atoms with Gasteiger partial charge in [0.15, 0.2) is 0 Å². The second kappa shape index (κ2) is 15.8. The van der Waals surface area contributed by atoms with Crippen LogP contribution in [0, 0.1) is 11.3 Å². The molecular weight excluding hydrogens is 620 g/mol. The van der Waals surface area contributed by atoms with Gasteiger partial charge in [0.25, 0.3) is 5.91 Å². The maximum atomic E-state index is 13.9. The van der Waals surface area contributed by atoms with Gasteiger partial charge in [-0.2, -0.15) is 0 Å². The van der Waals surface area contributed by atoms with Crippen molar-refractivity contribution in [2.75, 3.05) is 19.8 Å². The molecule has 264 valence electrons. The molecule has 3 aromatic rings. The smallest absolute Gasteiger partial charge is 0.414 e. The normalized spacial score (nSPS) is 14.6. The Labute approximate surface area is 291 Å². The van der Waals surface area contributed by atoms with Crippen molar-refractivity contribution >= 4 is 18.1 Å². The van der Waals surface area contributed by atoms with E-state index >= 15 is 0 Å². The van der Waals surface area contributed by atoms with E-state index in [0.717, 1.165) is 33.8 Å². The Hall–Kier alpha value is -4.53. The summed E-state index contributed by atoms with van der Waals surface area (Å²) in [5.41, 5.74) is 3.90. The maximum Gasteiger partial charge on any atom is 0.414 e. The van der Waals surface area contributed by atoms with Crippen LogP contribution in [0.1, 0.15) is 84.1 Å². The molecule has 3 amide bonds. The lowest BCUT2D eigenvalue weighted by Gasteiger charge is -2.37. The fourth-order valence-corrected chi connectivity index (χ4v) is 5.46. The fourth-order valence-electron chi connectivity index (χ4n) is 5.46. The largest absolute Gasteiger partial charge is 0.494 e. The summed E-state index contributed by atoms with van der Waals surface area (Å²) in [7, 11) is 0. The van der Waals surface area contributed by atoms with Crippen LogP contribution in [0.5, 0.6) is 17.2 Å². The minimum Gasteiger partial charge on any atom is -0.494 e. The van der Waals surface area contributed by atoms with Crippen molar-refractivity contribution in [3.63, 3.8) is 0 Å². The molecule has 0 aromatic heterocycles. The maximum absolute atomic E-state index is 13.9. The number of rotatable bonds is 11. The van der Waals surface area contributed by atoms with Gasteiger partial charge in [-0.15, -0.1) is 0 Å². The second-order valence-corrected chi connectivity index (χ2v) is 15.5. The van der Waals surface area contributed by atoms with Crippen molar-refractivity contribution in [3.05, 3.63) is 89.0 Å². The average molecular weight is 673 g/mol. The van der Waals surface area contributed by atoms with Crippen molar-refractivity contribution in [2.45, 2.75) is 92.7 Å². The van der Waals surface area contributed by atoms with Crippen molar-refractivity contribution in [1.29, 1.82) is 0 Å². The van der Waals surface area contributed by atoms with Gasteiger partial charge in [-0.1, -0.05) is 85.7 Å². The Balaban J connectivity index is 1.49. The van der Waals surface area contributed by atoms with Gasteiger partial charge in [0.05, 0.1) is 19.8 Å². The number of ether oxygens (including phenoxy) is 3. The lowest BCUT2D eigenvalue weighted by Crippen LogP contribution is -2.55. The number of fused-ring (bicyclic) bond motifs is 1. The van der Waals surface area contributed by atoms with Crippen LogP contribution in [0.3, 0.4) is 0 Å². The number of carbonyl (C=O) groups excluding carboxylic acids is 2. The summed E-state index contributed by atoms with van der Waals surface area (Å²) >= 11 is 0. The minimum atomic E-state index is -1.37. The lowest BCUT2D eigenvalue weighted by atomic mass is 9.87. The summed E-state index contributed by atoms with van der Waals surface area (Å²) < 4.78 is 17.6. The third kappa shape index (κ3) is 10.7. The SMILES string of the molecule is CC(C)COC(=O)N1Cc2cc(Oc3ccc(C(C)(C)C)cc3)ccc2C[C@H]1C(=O)N(CCc1ccc(OCCC(C)(C)C)cc1)C(=O)O. The molecule has 1 N–H and O–H groups in total. The first-order chi connectivity index (χ1) is 23.0. The highest BCUT2D eigenvalue weighted by Crippen LogP contribution is 2.32. The Morgan fingerprint density at radius 3 is 2.10 bits per heavy atom. The summed E-state index contributed by atoms with van der Waals surface area (Å²) in [5, 5.41) is 10.1. The molecule has 1 aliphatic rings. The number of carboxylic acid groups (broad SMARTS) is 1. The van der Waals surface area contributed by atoms with Crippen molar-refractivity contribution in [3.8, 4) is 17.2 Å². The number of amides is 3. The van der Waals surface area contributed by atoms with Gasteiger partial charge in [0.2, 0.25) is 0 Å². The molecule has 3 aromatic carbocycles. The Kier molecular flexibility index (Phi) is 12.0. The zero-order valence-electron chi connectivity index (χ0n) is 30.2. The number of nitrogens with zero attached hydrogens (tertiary/aromatic N) is 2. The van der Waals surface area contributed by atoms with Crippen LogP contribution in [-0.4, -0.2) is 58.8 Å². The number of benzene rings is 3. The van der Waals surface area contributed by atoms with E-state index in [1.807, 2.05) is 80.6 Å². The monoisotopic (exact) mass is 672 g/mol. The molecule has 0 saturated carbocycles. The molecule has 9 nitrogen and oxygen atoms in total. The molecule has 1 heterocycles. The van der Waals surface area contributed by atoms with Gasteiger partial charge in [0.1, 0.15) is 23.3 Å². The summed E-state index contributed by atoms with van der Waals surface area (Å²) in [6.45, 7) is 17.6. The van der Waals surface area contributed by atoms with E-state index in [1.54, 1.807) is 0 Å². The van der Waals surface area contributed by atoms with Gasteiger partial charge in [-0.25, -0.2) is 14.5 Å². The predicted octanol–water partition coefficient (Wildman–Crippen LogP) is 8.86. The van der Waals surface area contributed by atoms with Crippen LogP contribution in [0.25, 0.3) is 0 Å².